The molecule has 0 aliphatic carbocycles. The number of benzene rings is 1. The van der Waals surface area contributed by atoms with Crippen LogP contribution < -0.4 is 4.74 Å². The topological polar surface area (TPSA) is 45.7 Å². The highest BCUT2D eigenvalue weighted by molar-refractivity contribution is 5.94. The molecule has 28 heavy (non-hydrogen) atoms. The predicted octanol–water partition coefficient (Wildman–Crippen LogP) is 3.53. The first-order valence-corrected chi connectivity index (χ1v) is 10.1. The fourth-order valence-corrected chi connectivity index (χ4v) is 4.59. The summed E-state index contributed by atoms with van der Waals surface area (Å²) in [5.41, 5.74) is 3.33. The van der Waals surface area contributed by atoms with Gasteiger partial charge >= 0.3 is 0 Å². The van der Waals surface area contributed by atoms with Gasteiger partial charge in [-0.1, -0.05) is 12.1 Å². The van der Waals surface area contributed by atoms with Crippen LogP contribution in [0.3, 0.4) is 0 Å². The molecule has 2 saturated heterocycles. The monoisotopic (exact) mass is 379 g/mol. The summed E-state index contributed by atoms with van der Waals surface area (Å²) < 4.78 is 5.34. The summed E-state index contributed by atoms with van der Waals surface area (Å²) in [6.45, 7) is 6.87. The summed E-state index contributed by atoms with van der Waals surface area (Å²) in [6.07, 6.45) is 6.92. The molecule has 2 fully saturated rings. The Kier molecular flexibility index (Phi) is 5.36. The highest BCUT2D eigenvalue weighted by atomic mass is 16.5. The molecular formula is C23H29N3O2. The number of carbonyl (C=O) groups excluding carboxylic acids is 1. The summed E-state index contributed by atoms with van der Waals surface area (Å²) in [5, 5.41) is 0. The van der Waals surface area contributed by atoms with Crippen molar-refractivity contribution in [1.29, 1.82) is 0 Å². The van der Waals surface area contributed by atoms with Crippen molar-refractivity contribution in [2.24, 2.45) is 5.41 Å². The Bertz CT molecular complexity index is 843. The van der Waals surface area contributed by atoms with Crippen LogP contribution in [0, 0.1) is 12.3 Å². The number of rotatable bonds is 4. The second kappa shape index (κ2) is 7.92. The standard InChI is InChI=1S/C23H29N3O2/c1-18-12-20(15-24-14-18)22(27)26-11-8-23(17-26)6-9-25(10-7-23)16-19-4-3-5-21(13-19)28-2/h3-5,12-15H,6-11,16-17H2,1-2H3. The van der Waals surface area contributed by atoms with Gasteiger partial charge < -0.3 is 9.64 Å². The number of likely N-dealkylation sites (tertiary alicyclic amines) is 2. The van der Waals surface area contributed by atoms with Gasteiger partial charge in [0.1, 0.15) is 5.75 Å². The summed E-state index contributed by atoms with van der Waals surface area (Å²) in [5.74, 6) is 1.05. The van der Waals surface area contributed by atoms with Crippen molar-refractivity contribution >= 4 is 5.91 Å². The molecule has 148 valence electrons. The Labute approximate surface area is 167 Å². The maximum absolute atomic E-state index is 12.9. The van der Waals surface area contributed by atoms with E-state index in [1.165, 1.54) is 5.56 Å². The van der Waals surface area contributed by atoms with Gasteiger partial charge in [0, 0.05) is 32.0 Å². The maximum Gasteiger partial charge on any atom is 0.255 e. The lowest BCUT2D eigenvalue weighted by Crippen LogP contribution is -2.42. The molecule has 5 heteroatoms. The largest absolute Gasteiger partial charge is 0.497 e. The number of piperidine rings is 1. The predicted molar refractivity (Wildman–Crippen MR) is 109 cm³/mol. The van der Waals surface area contributed by atoms with Gasteiger partial charge in [0.15, 0.2) is 0 Å². The van der Waals surface area contributed by atoms with Crippen LogP contribution in [-0.4, -0.2) is 54.0 Å². The number of ether oxygens (including phenoxy) is 1. The van der Waals surface area contributed by atoms with E-state index < -0.39 is 0 Å². The zero-order chi connectivity index (χ0) is 19.6. The van der Waals surface area contributed by atoms with Crippen LogP contribution in [0.1, 0.15) is 40.7 Å². The molecule has 0 saturated carbocycles. The number of aryl methyl sites for hydroxylation is 1. The fourth-order valence-electron chi connectivity index (χ4n) is 4.59. The zero-order valence-electron chi connectivity index (χ0n) is 16.9. The molecule has 1 spiro atoms. The Hall–Kier alpha value is -2.40. The summed E-state index contributed by atoms with van der Waals surface area (Å²) in [6, 6.07) is 10.3. The van der Waals surface area contributed by atoms with Gasteiger partial charge in [0.05, 0.1) is 12.7 Å². The van der Waals surface area contributed by atoms with Crippen molar-refractivity contribution in [3.63, 3.8) is 0 Å². The van der Waals surface area contributed by atoms with Crippen molar-refractivity contribution in [2.45, 2.75) is 32.7 Å². The van der Waals surface area contributed by atoms with E-state index in [2.05, 4.69) is 28.1 Å². The van der Waals surface area contributed by atoms with Gasteiger partial charge in [0.25, 0.3) is 5.91 Å². The minimum Gasteiger partial charge on any atom is -0.497 e. The molecular weight excluding hydrogens is 350 g/mol. The van der Waals surface area contributed by atoms with Crippen LogP contribution in [0.25, 0.3) is 0 Å². The van der Waals surface area contributed by atoms with E-state index in [9.17, 15) is 4.79 Å². The van der Waals surface area contributed by atoms with Crippen molar-refractivity contribution < 1.29 is 9.53 Å². The van der Waals surface area contributed by atoms with E-state index in [1.807, 2.05) is 24.0 Å². The molecule has 0 bridgehead atoms. The van der Waals surface area contributed by atoms with Crippen LogP contribution in [-0.2, 0) is 6.54 Å². The molecule has 2 aliphatic rings. The number of carbonyl (C=O) groups is 1. The minimum absolute atomic E-state index is 0.131. The molecule has 5 nitrogen and oxygen atoms in total. The third-order valence-electron chi connectivity index (χ3n) is 6.30. The van der Waals surface area contributed by atoms with Crippen molar-refractivity contribution in [2.75, 3.05) is 33.3 Å². The fraction of sp³-hybridized carbons (Fsp3) is 0.478. The normalized spacial score (nSPS) is 19.1. The lowest BCUT2D eigenvalue weighted by molar-refractivity contribution is 0.0713. The van der Waals surface area contributed by atoms with Gasteiger partial charge in [0.2, 0.25) is 0 Å². The van der Waals surface area contributed by atoms with E-state index >= 15 is 0 Å². The quantitative estimate of drug-likeness (QED) is 0.815. The van der Waals surface area contributed by atoms with E-state index in [1.54, 1.807) is 19.5 Å². The zero-order valence-corrected chi connectivity index (χ0v) is 16.9. The second-order valence-corrected chi connectivity index (χ2v) is 8.36. The number of methoxy groups -OCH3 is 1. The molecule has 3 heterocycles. The molecule has 2 aromatic rings. The Morgan fingerprint density at radius 3 is 2.68 bits per heavy atom. The number of hydrogen-bond donors (Lipinski definition) is 0. The third kappa shape index (κ3) is 4.04. The van der Waals surface area contributed by atoms with Gasteiger partial charge in [-0.3, -0.25) is 14.7 Å². The Morgan fingerprint density at radius 2 is 1.93 bits per heavy atom. The first kappa shape index (κ1) is 18.9. The van der Waals surface area contributed by atoms with Crippen molar-refractivity contribution in [1.82, 2.24) is 14.8 Å². The first-order chi connectivity index (χ1) is 13.6. The summed E-state index contributed by atoms with van der Waals surface area (Å²) in [4.78, 5) is 21.6. The SMILES string of the molecule is COc1cccc(CN2CCC3(CC2)CCN(C(=O)c2cncc(C)c2)C3)c1. The second-order valence-electron chi connectivity index (χ2n) is 8.36. The highest BCUT2D eigenvalue weighted by Gasteiger charge is 2.42. The third-order valence-corrected chi connectivity index (χ3v) is 6.30. The molecule has 0 unspecified atom stereocenters. The van der Waals surface area contributed by atoms with Crippen LogP contribution in [0.5, 0.6) is 5.75 Å². The van der Waals surface area contributed by atoms with E-state index in [0.717, 1.165) is 63.3 Å². The number of hydrogen-bond acceptors (Lipinski definition) is 4. The molecule has 1 amide bonds. The Morgan fingerprint density at radius 1 is 1.14 bits per heavy atom. The van der Waals surface area contributed by atoms with Crippen LogP contribution in [0.15, 0.2) is 42.7 Å². The lowest BCUT2D eigenvalue weighted by atomic mass is 9.77. The van der Waals surface area contributed by atoms with Crippen LogP contribution in [0.2, 0.25) is 0 Å². The molecule has 2 aliphatic heterocycles. The maximum atomic E-state index is 12.9. The van der Waals surface area contributed by atoms with Gasteiger partial charge in [-0.15, -0.1) is 0 Å². The lowest BCUT2D eigenvalue weighted by Gasteiger charge is -2.39. The van der Waals surface area contributed by atoms with Crippen molar-refractivity contribution in [3.8, 4) is 5.75 Å². The molecule has 0 atom stereocenters. The van der Waals surface area contributed by atoms with Crippen LogP contribution >= 0.6 is 0 Å². The van der Waals surface area contributed by atoms with Gasteiger partial charge in [-0.05, 0) is 74.0 Å². The summed E-state index contributed by atoms with van der Waals surface area (Å²) in [7, 11) is 1.71. The molecule has 0 N–H and O–H groups in total. The number of aromatic nitrogens is 1. The number of nitrogens with zero attached hydrogens (tertiary/aromatic N) is 3. The minimum atomic E-state index is 0.131. The molecule has 1 aromatic heterocycles. The average Bonchev–Trinajstić information content (AvgIpc) is 3.13. The highest BCUT2D eigenvalue weighted by Crippen LogP contribution is 2.41. The van der Waals surface area contributed by atoms with E-state index in [0.29, 0.717) is 5.56 Å². The van der Waals surface area contributed by atoms with E-state index in [4.69, 9.17) is 4.74 Å². The van der Waals surface area contributed by atoms with Gasteiger partial charge in [-0.2, -0.15) is 0 Å². The van der Waals surface area contributed by atoms with E-state index in [-0.39, 0.29) is 11.3 Å². The van der Waals surface area contributed by atoms with Gasteiger partial charge in [-0.25, -0.2) is 0 Å². The smallest absolute Gasteiger partial charge is 0.255 e. The molecule has 0 radical (unpaired) electrons. The molecule has 4 rings (SSSR count). The average molecular weight is 380 g/mol. The van der Waals surface area contributed by atoms with Crippen molar-refractivity contribution in [3.05, 3.63) is 59.4 Å². The Balaban J connectivity index is 1.34. The number of pyridine rings is 1. The molecule has 1 aromatic carbocycles. The number of amides is 1. The van der Waals surface area contributed by atoms with Crippen LogP contribution in [0.4, 0.5) is 0 Å². The first-order valence-electron chi connectivity index (χ1n) is 10.1. The summed E-state index contributed by atoms with van der Waals surface area (Å²) >= 11 is 0.